The minimum absolute atomic E-state index is 0.0292. The maximum Gasteiger partial charge on any atom is 0.328 e. The molecule has 1 N–H and O–H groups in total. The van der Waals surface area contributed by atoms with Crippen molar-refractivity contribution < 1.29 is 8.42 Å². The van der Waals surface area contributed by atoms with Crippen LogP contribution in [0.2, 0.25) is 0 Å². The molecule has 0 radical (unpaired) electrons. The van der Waals surface area contributed by atoms with Crippen molar-refractivity contribution in [3.8, 4) is 0 Å². The lowest BCUT2D eigenvalue weighted by atomic mass is 10.1. The Morgan fingerprint density at radius 2 is 1.80 bits per heavy atom. The Balaban J connectivity index is 2.06. The smallest absolute Gasteiger partial charge is 0.317 e. The molecule has 25 heavy (non-hydrogen) atoms. The van der Waals surface area contributed by atoms with E-state index in [-0.39, 0.29) is 16.6 Å². The number of aryl methyl sites for hydroxylation is 2. The number of nitrogens with zero attached hydrogens (tertiary/aromatic N) is 3. The van der Waals surface area contributed by atoms with E-state index in [9.17, 15) is 13.2 Å². The van der Waals surface area contributed by atoms with Crippen LogP contribution in [0, 0.1) is 0 Å². The molecule has 1 aliphatic heterocycles. The third kappa shape index (κ3) is 3.14. The predicted molar refractivity (Wildman–Crippen MR) is 98.2 cm³/mol. The van der Waals surface area contributed by atoms with Crippen molar-refractivity contribution in [3.63, 3.8) is 0 Å². The second-order valence-electron chi connectivity index (χ2n) is 6.65. The lowest BCUT2D eigenvalue weighted by Crippen LogP contribution is -2.46. The van der Waals surface area contributed by atoms with E-state index in [4.69, 9.17) is 0 Å². The fourth-order valence-electron chi connectivity index (χ4n) is 3.60. The number of hydrogen-bond acceptors (Lipinski definition) is 4. The van der Waals surface area contributed by atoms with Crippen LogP contribution in [0.25, 0.3) is 11.0 Å². The number of hydrogen-bond donors (Lipinski definition) is 1. The molecule has 1 aliphatic rings. The Bertz CT molecular complexity index is 923. The third-order valence-electron chi connectivity index (χ3n) is 5.01. The number of nitrogens with one attached hydrogen (secondary N) is 1. The molecule has 2 aromatic rings. The molecule has 138 valence electrons. The number of sulfonamides is 1. The van der Waals surface area contributed by atoms with Crippen molar-refractivity contribution >= 4 is 21.1 Å². The summed E-state index contributed by atoms with van der Waals surface area (Å²) >= 11 is 0. The minimum atomic E-state index is -3.59. The molecular weight excluding hydrogens is 340 g/mol. The standard InChI is InChI=1S/C17H26N4O3S/c1-4-11-21(13-7-9-18-10-8-13)25(23,24)14-5-6-15-16(12-14)20(3)17(22)19(15)2/h5-6,12-13,18H,4,7-11H2,1-3H3. The molecule has 1 saturated heterocycles. The summed E-state index contributed by atoms with van der Waals surface area (Å²) in [6.07, 6.45) is 2.42. The van der Waals surface area contributed by atoms with Gasteiger partial charge in [0.15, 0.2) is 0 Å². The summed E-state index contributed by atoms with van der Waals surface area (Å²) in [5, 5.41) is 3.28. The topological polar surface area (TPSA) is 76.3 Å². The van der Waals surface area contributed by atoms with Gasteiger partial charge in [-0.15, -0.1) is 0 Å². The quantitative estimate of drug-likeness (QED) is 0.858. The molecule has 0 saturated carbocycles. The van der Waals surface area contributed by atoms with E-state index in [1.54, 1.807) is 36.6 Å². The summed E-state index contributed by atoms with van der Waals surface area (Å²) in [5.41, 5.74) is 1.21. The average Bonchev–Trinajstić information content (AvgIpc) is 2.84. The molecule has 0 atom stereocenters. The molecule has 1 aromatic carbocycles. The molecule has 7 nitrogen and oxygen atoms in total. The Labute approximate surface area is 148 Å². The molecule has 0 aliphatic carbocycles. The number of fused-ring (bicyclic) bond motifs is 1. The normalized spacial score (nSPS) is 16.8. The van der Waals surface area contributed by atoms with Crippen LogP contribution < -0.4 is 11.0 Å². The second kappa shape index (κ2) is 6.93. The van der Waals surface area contributed by atoms with Gasteiger partial charge in [0.05, 0.1) is 15.9 Å². The molecule has 0 amide bonds. The molecule has 8 heteroatoms. The highest BCUT2D eigenvalue weighted by atomic mass is 32.2. The third-order valence-corrected chi connectivity index (χ3v) is 6.96. The van der Waals surface area contributed by atoms with Gasteiger partial charge in [0.25, 0.3) is 0 Å². The van der Waals surface area contributed by atoms with Gasteiger partial charge in [-0.2, -0.15) is 4.31 Å². The molecular formula is C17H26N4O3S. The fourth-order valence-corrected chi connectivity index (χ4v) is 5.39. The highest BCUT2D eigenvalue weighted by molar-refractivity contribution is 7.89. The predicted octanol–water partition coefficient (Wildman–Crippen LogP) is 1.03. The lowest BCUT2D eigenvalue weighted by molar-refractivity contribution is 0.262. The van der Waals surface area contributed by atoms with Crippen molar-refractivity contribution in [2.24, 2.45) is 14.1 Å². The fraction of sp³-hybridized carbons (Fsp3) is 0.588. The van der Waals surface area contributed by atoms with Crippen LogP contribution in [-0.2, 0) is 24.1 Å². The zero-order chi connectivity index (χ0) is 18.2. The molecule has 0 bridgehead atoms. The van der Waals surface area contributed by atoms with Crippen LogP contribution in [0.1, 0.15) is 26.2 Å². The summed E-state index contributed by atoms with van der Waals surface area (Å²) < 4.78 is 31.2. The van der Waals surface area contributed by atoms with Crippen molar-refractivity contribution in [3.05, 3.63) is 28.7 Å². The van der Waals surface area contributed by atoms with Crippen molar-refractivity contribution in [1.82, 2.24) is 18.8 Å². The number of aromatic nitrogens is 2. The molecule has 3 rings (SSSR count). The van der Waals surface area contributed by atoms with Crippen LogP contribution in [0.5, 0.6) is 0 Å². The zero-order valence-electron chi connectivity index (χ0n) is 15.0. The first-order valence-electron chi connectivity index (χ1n) is 8.76. The molecule has 1 fully saturated rings. The number of benzene rings is 1. The second-order valence-corrected chi connectivity index (χ2v) is 8.54. The Morgan fingerprint density at radius 3 is 2.44 bits per heavy atom. The van der Waals surface area contributed by atoms with E-state index in [2.05, 4.69) is 5.32 Å². The zero-order valence-corrected chi connectivity index (χ0v) is 15.8. The van der Waals surface area contributed by atoms with E-state index >= 15 is 0 Å². The first-order chi connectivity index (χ1) is 11.9. The average molecular weight is 366 g/mol. The van der Waals surface area contributed by atoms with Crippen LogP contribution in [0.4, 0.5) is 0 Å². The maximum absolute atomic E-state index is 13.3. The number of piperidine rings is 1. The summed E-state index contributed by atoms with van der Waals surface area (Å²) in [4.78, 5) is 12.3. The minimum Gasteiger partial charge on any atom is -0.317 e. The van der Waals surface area contributed by atoms with E-state index in [0.717, 1.165) is 37.9 Å². The summed E-state index contributed by atoms with van der Waals surface area (Å²) in [7, 11) is -0.238. The van der Waals surface area contributed by atoms with Crippen LogP contribution in [0.15, 0.2) is 27.9 Å². The van der Waals surface area contributed by atoms with Crippen LogP contribution in [-0.4, -0.2) is 47.5 Å². The van der Waals surface area contributed by atoms with Crippen molar-refractivity contribution in [2.75, 3.05) is 19.6 Å². The van der Waals surface area contributed by atoms with E-state index in [0.29, 0.717) is 12.1 Å². The summed E-state index contributed by atoms with van der Waals surface area (Å²) in [5.74, 6) is 0. The SMILES string of the molecule is CCCN(C1CCNCC1)S(=O)(=O)c1ccc2c(c1)n(C)c(=O)n2C. The van der Waals surface area contributed by atoms with Crippen molar-refractivity contribution in [2.45, 2.75) is 37.1 Å². The van der Waals surface area contributed by atoms with Gasteiger partial charge in [-0.25, -0.2) is 13.2 Å². The summed E-state index contributed by atoms with van der Waals surface area (Å²) in [6, 6.07) is 4.98. The highest BCUT2D eigenvalue weighted by Gasteiger charge is 2.32. The van der Waals surface area contributed by atoms with Gasteiger partial charge in [-0.1, -0.05) is 6.92 Å². The van der Waals surface area contributed by atoms with Gasteiger partial charge in [-0.3, -0.25) is 9.13 Å². The van der Waals surface area contributed by atoms with E-state index < -0.39 is 10.0 Å². The highest BCUT2D eigenvalue weighted by Crippen LogP contribution is 2.25. The molecule has 0 unspecified atom stereocenters. The van der Waals surface area contributed by atoms with Gasteiger partial charge in [0, 0.05) is 26.7 Å². The number of imidazole rings is 1. The van der Waals surface area contributed by atoms with Gasteiger partial charge in [0.2, 0.25) is 10.0 Å². The first kappa shape index (κ1) is 18.2. The summed E-state index contributed by atoms with van der Waals surface area (Å²) in [6.45, 7) is 4.19. The monoisotopic (exact) mass is 366 g/mol. The molecule has 2 heterocycles. The largest absolute Gasteiger partial charge is 0.328 e. The van der Waals surface area contributed by atoms with Crippen LogP contribution in [0.3, 0.4) is 0 Å². The first-order valence-corrected chi connectivity index (χ1v) is 10.2. The molecule has 1 aromatic heterocycles. The number of rotatable bonds is 5. The van der Waals surface area contributed by atoms with Crippen molar-refractivity contribution in [1.29, 1.82) is 0 Å². The Morgan fingerprint density at radius 1 is 1.16 bits per heavy atom. The van der Waals surface area contributed by atoms with Crippen LogP contribution >= 0.6 is 0 Å². The van der Waals surface area contributed by atoms with Gasteiger partial charge < -0.3 is 5.32 Å². The Hall–Kier alpha value is -1.64. The lowest BCUT2D eigenvalue weighted by Gasteiger charge is -2.33. The maximum atomic E-state index is 13.3. The van der Waals surface area contributed by atoms with Gasteiger partial charge in [0.1, 0.15) is 0 Å². The van der Waals surface area contributed by atoms with Gasteiger partial charge >= 0.3 is 5.69 Å². The van der Waals surface area contributed by atoms with E-state index in [1.165, 1.54) is 9.13 Å². The van der Waals surface area contributed by atoms with E-state index in [1.807, 2.05) is 6.92 Å². The Kier molecular flexibility index (Phi) is 5.04. The van der Waals surface area contributed by atoms with Gasteiger partial charge in [-0.05, 0) is 50.6 Å². The molecule has 0 spiro atoms.